The van der Waals surface area contributed by atoms with E-state index in [0.717, 1.165) is 4.47 Å². The minimum atomic E-state index is 1.11. The maximum Gasteiger partial charge on any atom is 0.0181 e. The normalized spacial score (nSPS) is 11.7. The van der Waals surface area contributed by atoms with Crippen LogP contribution in [0, 0.1) is 0 Å². The third-order valence-corrected chi connectivity index (χ3v) is 5.16. The molecule has 0 amide bonds. The molecule has 0 aromatic heterocycles. The fourth-order valence-electron chi connectivity index (χ4n) is 3.64. The van der Waals surface area contributed by atoms with Gasteiger partial charge in [0.1, 0.15) is 0 Å². The van der Waals surface area contributed by atoms with Gasteiger partial charge >= 0.3 is 0 Å². The van der Waals surface area contributed by atoms with Gasteiger partial charge in [0.05, 0.1) is 0 Å². The molecule has 0 spiro atoms. The van der Waals surface area contributed by atoms with Crippen molar-refractivity contribution in [3.8, 4) is 11.1 Å². The Morgan fingerprint density at radius 2 is 1.22 bits per heavy atom. The molecule has 0 bridgehead atoms. The summed E-state index contributed by atoms with van der Waals surface area (Å²) in [6.07, 6.45) is 0. The summed E-state index contributed by atoms with van der Waals surface area (Å²) in [6.45, 7) is 0. The van der Waals surface area contributed by atoms with Crippen molar-refractivity contribution in [3.05, 3.63) is 83.3 Å². The molecule has 1 heteroatoms. The van der Waals surface area contributed by atoms with Crippen LogP contribution < -0.4 is 0 Å². The zero-order chi connectivity index (χ0) is 15.4. The van der Waals surface area contributed by atoms with Crippen LogP contribution >= 0.6 is 15.9 Å². The van der Waals surface area contributed by atoms with Crippen LogP contribution in [0.2, 0.25) is 0 Å². The van der Waals surface area contributed by atoms with Crippen LogP contribution in [0.3, 0.4) is 0 Å². The number of halogens is 1. The average Bonchev–Trinajstić information content (AvgIpc) is 2.59. The third-order valence-electron chi connectivity index (χ3n) is 4.66. The Kier molecular flexibility index (Phi) is 2.74. The minimum Gasteiger partial charge on any atom is -0.0610 e. The number of hydrogen-bond donors (Lipinski definition) is 0. The number of benzene rings is 5. The SMILES string of the molecule is Brc1cccc(-c2ccc3ccc4cccc5ccc2c3c45)c1. The van der Waals surface area contributed by atoms with E-state index in [-0.39, 0.29) is 0 Å². The minimum absolute atomic E-state index is 1.11. The first-order valence-electron chi connectivity index (χ1n) is 7.74. The zero-order valence-corrected chi connectivity index (χ0v) is 14.0. The van der Waals surface area contributed by atoms with Crippen molar-refractivity contribution in [1.29, 1.82) is 0 Å². The summed E-state index contributed by atoms with van der Waals surface area (Å²) >= 11 is 3.59. The molecule has 0 radical (unpaired) electrons. The van der Waals surface area contributed by atoms with E-state index >= 15 is 0 Å². The van der Waals surface area contributed by atoms with Gasteiger partial charge in [0.25, 0.3) is 0 Å². The molecule has 0 unspecified atom stereocenters. The van der Waals surface area contributed by atoms with E-state index in [1.54, 1.807) is 0 Å². The van der Waals surface area contributed by atoms with Crippen LogP contribution in [0.15, 0.2) is 83.3 Å². The van der Waals surface area contributed by atoms with E-state index in [9.17, 15) is 0 Å². The second-order valence-electron chi connectivity index (χ2n) is 5.98. The van der Waals surface area contributed by atoms with Gasteiger partial charge in [-0.05, 0) is 55.6 Å². The van der Waals surface area contributed by atoms with Crippen molar-refractivity contribution in [1.82, 2.24) is 0 Å². The van der Waals surface area contributed by atoms with Gasteiger partial charge < -0.3 is 0 Å². The molecule has 0 atom stereocenters. The van der Waals surface area contributed by atoms with Crippen molar-refractivity contribution in [2.75, 3.05) is 0 Å². The van der Waals surface area contributed by atoms with Crippen molar-refractivity contribution < 1.29 is 0 Å². The van der Waals surface area contributed by atoms with Gasteiger partial charge in [0.15, 0.2) is 0 Å². The Labute approximate surface area is 142 Å². The van der Waals surface area contributed by atoms with Gasteiger partial charge in [-0.15, -0.1) is 0 Å². The molecule has 0 aliphatic heterocycles. The van der Waals surface area contributed by atoms with E-state index in [0.29, 0.717) is 0 Å². The monoisotopic (exact) mass is 356 g/mol. The lowest BCUT2D eigenvalue weighted by atomic mass is 9.90. The molecule has 5 rings (SSSR count). The van der Waals surface area contributed by atoms with Crippen LogP contribution in [0.1, 0.15) is 0 Å². The van der Waals surface area contributed by atoms with Crippen molar-refractivity contribution in [2.45, 2.75) is 0 Å². The molecule has 0 saturated carbocycles. The number of rotatable bonds is 1. The molecule has 0 fully saturated rings. The second kappa shape index (κ2) is 4.81. The van der Waals surface area contributed by atoms with E-state index in [1.165, 1.54) is 43.4 Å². The average molecular weight is 357 g/mol. The largest absolute Gasteiger partial charge is 0.0610 e. The standard InChI is InChI=1S/C22H13Br/c23-18-6-2-5-17(13-18)19-11-9-16-8-7-14-3-1-4-15-10-12-20(19)22(16)21(14)15/h1-13H. The highest BCUT2D eigenvalue weighted by Gasteiger charge is 2.11. The molecule has 5 aromatic rings. The summed E-state index contributed by atoms with van der Waals surface area (Å²) in [5, 5.41) is 8.00. The molecule has 23 heavy (non-hydrogen) atoms. The van der Waals surface area contributed by atoms with Crippen LogP contribution in [0.25, 0.3) is 43.4 Å². The molecular formula is C22H13Br. The smallest absolute Gasteiger partial charge is 0.0181 e. The highest BCUT2D eigenvalue weighted by molar-refractivity contribution is 9.10. The van der Waals surface area contributed by atoms with Gasteiger partial charge in [-0.3, -0.25) is 0 Å². The van der Waals surface area contributed by atoms with Crippen LogP contribution in [-0.4, -0.2) is 0 Å². The van der Waals surface area contributed by atoms with Gasteiger partial charge in [-0.1, -0.05) is 82.7 Å². The van der Waals surface area contributed by atoms with Gasteiger partial charge in [0, 0.05) is 4.47 Å². The summed E-state index contributed by atoms with van der Waals surface area (Å²) in [7, 11) is 0. The van der Waals surface area contributed by atoms with Gasteiger partial charge in [-0.2, -0.15) is 0 Å². The highest BCUT2D eigenvalue weighted by Crippen LogP contribution is 2.39. The first-order chi connectivity index (χ1) is 11.3. The topological polar surface area (TPSA) is 0 Å². The second-order valence-corrected chi connectivity index (χ2v) is 6.90. The Morgan fingerprint density at radius 3 is 2.00 bits per heavy atom. The quantitative estimate of drug-likeness (QED) is 0.283. The van der Waals surface area contributed by atoms with Gasteiger partial charge in [0.2, 0.25) is 0 Å². The zero-order valence-electron chi connectivity index (χ0n) is 12.4. The lowest BCUT2D eigenvalue weighted by Gasteiger charge is -2.14. The predicted octanol–water partition coefficient (Wildman–Crippen LogP) is 7.01. The lowest BCUT2D eigenvalue weighted by Crippen LogP contribution is -1.87. The van der Waals surface area contributed by atoms with Crippen molar-refractivity contribution >= 4 is 48.2 Å². The fourth-order valence-corrected chi connectivity index (χ4v) is 4.04. The number of hydrogen-bond acceptors (Lipinski definition) is 0. The van der Waals surface area contributed by atoms with Crippen LogP contribution in [0.4, 0.5) is 0 Å². The molecule has 5 aromatic carbocycles. The first-order valence-corrected chi connectivity index (χ1v) is 8.53. The maximum absolute atomic E-state index is 3.59. The Bertz CT molecular complexity index is 1150. The summed E-state index contributed by atoms with van der Waals surface area (Å²) in [4.78, 5) is 0. The molecule has 0 nitrogen and oxygen atoms in total. The Morgan fingerprint density at radius 1 is 0.565 bits per heavy atom. The molecule has 0 N–H and O–H groups in total. The summed E-state index contributed by atoms with van der Waals surface area (Å²) < 4.78 is 1.11. The van der Waals surface area contributed by atoms with E-state index in [4.69, 9.17) is 0 Å². The van der Waals surface area contributed by atoms with Crippen LogP contribution in [-0.2, 0) is 0 Å². The van der Waals surface area contributed by atoms with E-state index < -0.39 is 0 Å². The van der Waals surface area contributed by atoms with Crippen molar-refractivity contribution in [3.63, 3.8) is 0 Å². The summed E-state index contributed by atoms with van der Waals surface area (Å²) in [5.74, 6) is 0. The van der Waals surface area contributed by atoms with Gasteiger partial charge in [-0.25, -0.2) is 0 Å². The highest BCUT2D eigenvalue weighted by atomic mass is 79.9. The molecule has 0 heterocycles. The lowest BCUT2D eigenvalue weighted by molar-refractivity contribution is 1.62. The molecule has 108 valence electrons. The molecular weight excluding hydrogens is 344 g/mol. The summed E-state index contributed by atoms with van der Waals surface area (Å²) in [5.41, 5.74) is 2.54. The molecule has 0 saturated heterocycles. The summed E-state index contributed by atoms with van der Waals surface area (Å²) in [6, 6.07) is 28.5. The van der Waals surface area contributed by atoms with E-state index in [2.05, 4.69) is 94.8 Å². The van der Waals surface area contributed by atoms with E-state index in [1.807, 2.05) is 0 Å². The van der Waals surface area contributed by atoms with Crippen molar-refractivity contribution in [2.24, 2.45) is 0 Å². The maximum atomic E-state index is 3.59. The third kappa shape index (κ3) is 1.90. The Hall–Kier alpha value is -2.38. The molecule has 0 aliphatic carbocycles. The Balaban J connectivity index is 1.99. The fraction of sp³-hybridized carbons (Fsp3) is 0. The predicted molar refractivity (Wildman–Crippen MR) is 103 cm³/mol. The van der Waals surface area contributed by atoms with Crippen LogP contribution in [0.5, 0.6) is 0 Å². The molecule has 0 aliphatic rings. The first kappa shape index (κ1) is 13.1.